The number of rotatable bonds is 5. The fourth-order valence-electron chi connectivity index (χ4n) is 4.60. The fourth-order valence-corrected chi connectivity index (χ4v) is 4.60. The van der Waals surface area contributed by atoms with E-state index in [0.717, 1.165) is 13.1 Å². The Morgan fingerprint density at radius 3 is 2.57 bits per heavy atom. The molecule has 1 N–H and O–H groups in total. The Labute approximate surface area is 130 Å². The van der Waals surface area contributed by atoms with E-state index in [2.05, 4.69) is 17.1 Å². The molecule has 2 unspecified atom stereocenters. The molecule has 2 saturated heterocycles. The first-order chi connectivity index (χ1) is 10.3. The van der Waals surface area contributed by atoms with Crippen molar-refractivity contribution in [2.75, 3.05) is 26.2 Å². The molecule has 0 bridgehead atoms. The standard InChI is InChI=1S/C18H34N2O/c1-2-20(14-16-8-4-7-13-19-16)15-17-9-12-18(21-17)10-5-3-6-11-18/h16-17,19H,2-15H2,1H3. The highest BCUT2D eigenvalue weighted by atomic mass is 16.5. The second-order valence-electron chi connectivity index (χ2n) is 7.52. The molecule has 3 aliphatic rings. The molecule has 2 aliphatic heterocycles. The molecule has 3 heteroatoms. The Morgan fingerprint density at radius 2 is 1.86 bits per heavy atom. The van der Waals surface area contributed by atoms with Gasteiger partial charge in [0.15, 0.2) is 0 Å². The van der Waals surface area contributed by atoms with E-state index in [4.69, 9.17) is 4.74 Å². The number of hydrogen-bond acceptors (Lipinski definition) is 3. The number of likely N-dealkylation sites (N-methyl/N-ethyl adjacent to an activating group) is 1. The van der Waals surface area contributed by atoms with Gasteiger partial charge in [0.25, 0.3) is 0 Å². The van der Waals surface area contributed by atoms with Crippen molar-refractivity contribution in [3.05, 3.63) is 0 Å². The maximum absolute atomic E-state index is 6.55. The lowest BCUT2D eigenvalue weighted by molar-refractivity contribution is -0.0720. The number of nitrogens with zero attached hydrogens (tertiary/aromatic N) is 1. The van der Waals surface area contributed by atoms with E-state index in [9.17, 15) is 0 Å². The van der Waals surface area contributed by atoms with E-state index in [-0.39, 0.29) is 5.60 Å². The molecule has 1 aliphatic carbocycles. The third kappa shape index (κ3) is 4.20. The predicted octanol–water partition coefficient (Wildman–Crippen LogP) is 3.33. The van der Waals surface area contributed by atoms with Crippen LogP contribution in [0.15, 0.2) is 0 Å². The third-order valence-corrected chi connectivity index (χ3v) is 5.90. The van der Waals surface area contributed by atoms with Crippen LogP contribution in [0.4, 0.5) is 0 Å². The summed E-state index contributed by atoms with van der Waals surface area (Å²) < 4.78 is 6.55. The van der Waals surface area contributed by atoms with Gasteiger partial charge in [-0.1, -0.05) is 32.6 Å². The van der Waals surface area contributed by atoms with E-state index >= 15 is 0 Å². The van der Waals surface area contributed by atoms with Crippen LogP contribution >= 0.6 is 0 Å². The molecule has 2 heterocycles. The van der Waals surface area contributed by atoms with E-state index in [1.165, 1.54) is 77.3 Å². The van der Waals surface area contributed by atoms with Gasteiger partial charge < -0.3 is 10.1 Å². The Hall–Kier alpha value is -0.120. The van der Waals surface area contributed by atoms with Crippen LogP contribution in [0.2, 0.25) is 0 Å². The molecule has 0 aromatic heterocycles. The van der Waals surface area contributed by atoms with Crippen molar-refractivity contribution in [1.82, 2.24) is 10.2 Å². The average molecular weight is 294 g/mol. The Kier molecular flexibility index (Phi) is 5.58. The number of hydrogen-bond donors (Lipinski definition) is 1. The summed E-state index contributed by atoms with van der Waals surface area (Å²) in [4.78, 5) is 2.62. The van der Waals surface area contributed by atoms with Crippen molar-refractivity contribution in [2.45, 2.75) is 88.9 Å². The Morgan fingerprint density at radius 1 is 1.00 bits per heavy atom. The van der Waals surface area contributed by atoms with E-state index in [1.54, 1.807) is 0 Å². The smallest absolute Gasteiger partial charge is 0.0710 e. The van der Waals surface area contributed by atoms with Crippen molar-refractivity contribution in [1.29, 1.82) is 0 Å². The quantitative estimate of drug-likeness (QED) is 0.842. The summed E-state index contributed by atoms with van der Waals surface area (Å²) in [5.41, 5.74) is 0.283. The maximum Gasteiger partial charge on any atom is 0.0710 e. The van der Waals surface area contributed by atoms with Crippen LogP contribution < -0.4 is 5.32 Å². The third-order valence-electron chi connectivity index (χ3n) is 5.90. The Bertz CT molecular complexity index is 308. The highest BCUT2D eigenvalue weighted by Crippen LogP contribution is 2.42. The summed E-state index contributed by atoms with van der Waals surface area (Å²) in [7, 11) is 0. The zero-order valence-corrected chi connectivity index (χ0v) is 13.9. The first kappa shape index (κ1) is 15.8. The summed E-state index contributed by atoms with van der Waals surface area (Å²) >= 11 is 0. The Balaban J connectivity index is 1.45. The molecule has 0 aromatic carbocycles. The largest absolute Gasteiger partial charge is 0.370 e. The number of nitrogens with one attached hydrogen (secondary N) is 1. The second-order valence-corrected chi connectivity index (χ2v) is 7.52. The zero-order valence-electron chi connectivity index (χ0n) is 13.9. The molecule has 0 aromatic rings. The molecule has 0 radical (unpaired) electrons. The molecular weight excluding hydrogens is 260 g/mol. The predicted molar refractivity (Wildman–Crippen MR) is 87.7 cm³/mol. The molecule has 0 amide bonds. The monoisotopic (exact) mass is 294 g/mol. The van der Waals surface area contributed by atoms with Gasteiger partial charge in [-0.05, 0) is 51.6 Å². The highest BCUT2D eigenvalue weighted by Gasteiger charge is 2.41. The maximum atomic E-state index is 6.55. The molecule has 3 nitrogen and oxygen atoms in total. The van der Waals surface area contributed by atoms with Crippen molar-refractivity contribution in [3.8, 4) is 0 Å². The summed E-state index contributed by atoms with van der Waals surface area (Å²) in [6.45, 7) is 7.03. The average Bonchev–Trinajstić information content (AvgIpc) is 2.90. The lowest BCUT2D eigenvalue weighted by Crippen LogP contribution is -2.46. The van der Waals surface area contributed by atoms with Gasteiger partial charge in [-0.25, -0.2) is 0 Å². The normalized spacial score (nSPS) is 32.9. The molecule has 122 valence electrons. The van der Waals surface area contributed by atoms with Gasteiger partial charge in [0, 0.05) is 19.1 Å². The summed E-state index contributed by atoms with van der Waals surface area (Å²) in [6, 6.07) is 0.712. The van der Waals surface area contributed by atoms with E-state index in [0.29, 0.717) is 12.1 Å². The van der Waals surface area contributed by atoms with Crippen LogP contribution in [0.5, 0.6) is 0 Å². The molecule has 1 saturated carbocycles. The van der Waals surface area contributed by atoms with Crippen LogP contribution in [0.1, 0.15) is 71.1 Å². The lowest BCUT2D eigenvalue weighted by Gasteiger charge is -2.35. The van der Waals surface area contributed by atoms with Crippen LogP contribution in [0.3, 0.4) is 0 Å². The van der Waals surface area contributed by atoms with E-state index < -0.39 is 0 Å². The van der Waals surface area contributed by atoms with Crippen molar-refractivity contribution in [3.63, 3.8) is 0 Å². The van der Waals surface area contributed by atoms with E-state index in [1.807, 2.05) is 0 Å². The summed E-state index contributed by atoms with van der Waals surface area (Å²) in [5, 5.41) is 3.68. The first-order valence-electron chi connectivity index (χ1n) is 9.43. The lowest BCUT2D eigenvalue weighted by atomic mass is 9.83. The number of piperidine rings is 1. The van der Waals surface area contributed by atoms with Crippen LogP contribution in [-0.4, -0.2) is 48.8 Å². The highest BCUT2D eigenvalue weighted by molar-refractivity contribution is 4.92. The van der Waals surface area contributed by atoms with Gasteiger partial charge >= 0.3 is 0 Å². The molecule has 1 spiro atoms. The van der Waals surface area contributed by atoms with Gasteiger partial charge in [-0.2, -0.15) is 0 Å². The van der Waals surface area contributed by atoms with Gasteiger partial charge in [0.05, 0.1) is 11.7 Å². The first-order valence-corrected chi connectivity index (χ1v) is 9.43. The topological polar surface area (TPSA) is 24.5 Å². The summed E-state index contributed by atoms with van der Waals surface area (Å²) in [5.74, 6) is 0. The molecule has 21 heavy (non-hydrogen) atoms. The minimum atomic E-state index is 0.283. The molecule has 3 fully saturated rings. The van der Waals surface area contributed by atoms with Crippen LogP contribution in [-0.2, 0) is 4.74 Å². The zero-order chi connectivity index (χ0) is 14.5. The summed E-state index contributed by atoms with van der Waals surface area (Å²) in [6.07, 6.45) is 14.0. The molecular formula is C18H34N2O. The fraction of sp³-hybridized carbons (Fsp3) is 1.00. The SMILES string of the molecule is CCN(CC1CCCCN1)CC1CCC2(CCCCC2)O1. The second kappa shape index (κ2) is 7.43. The van der Waals surface area contributed by atoms with Crippen molar-refractivity contribution in [2.24, 2.45) is 0 Å². The van der Waals surface area contributed by atoms with Gasteiger partial charge in [0.1, 0.15) is 0 Å². The van der Waals surface area contributed by atoms with Gasteiger partial charge in [0.2, 0.25) is 0 Å². The molecule has 2 atom stereocenters. The van der Waals surface area contributed by atoms with Gasteiger partial charge in [-0.3, -0.25) is 4.90 Å². The van der Waals surface area contributed by atoms with Crippen LogP contribution in [0, 0.1) is 0 Å². The number of ether oxygens (including phenoxy) is 1. The molecule has 3 rings (SSSR count). The minimum absolute atomic E-state index is 0.283. The van der Waals surface area contributed by atoms with Crippen molar-refractivity contribution >= 4 is 0 Å². The van der Waals surface area contributed by atoms with Gasteiger partial charge in [-0.15, -0.1) is 0 Å². The minimum Gasteiger partial charge on any atom is -0.370 e. The van der Waals surface area contributed by atoms with Crippen LogP contribution in [0.25, 0.3) is 0 Å². The van der Waals surface area contributed by atoms with Crippen molar-refractivity contribution < 1.29 is 4.74 Å².